The van der Waals surface area contributed by atoms with E-state index in [0.29, 0.717) is 18.4 Å². The van der Waals surface area contributed by atoms with Gasteiger partial charge in [-0.05, 0) is 101 Å². The summed E-state index contributed by atoms with van der Waals surface area (Å²) in [5, 5.41) is 9.48. The lowest BCUT2D eigenvalue weighted by Gasteiger charge is -2.33. The van der Waals surface area contributed by atoms with Crippen molar-refractivity contribution in [1.82, 2.24) is 0 Å². The highest BCUT2D eigenvalue weighted by molar-refractivity contribution is 5.70. The average molecular weight is 513 g/mol. The first kappa shape index (κ1) is 26.3. The van der Waals surface area contributed by atoms with Crippen molar-refractivity contribution in [2.45, 2.75) is 77.2 Å². The van der Waals surface area contributed by atoms with Crippen molar-refractivity contribution in [2.75, 3.05) is 7.11 Å². The predicted octanol–water partition coefficient (Wildman–Crippen LogP) is 8.59. The van der Waals surface area contributed by atoms with E-state index in [1.807, 2.05) is 18.2 Å². The SMILES string of the molecule is COc1cccc(-c2ccc(COc3cccc([C@@H](CC(=O)O)C4CCC4)c3)cc2C2CCCC2(C)C)c1. The van der Waals surface area contributed by atoms with Crippen LogP contribution in [0.15, 0.2) is 66.7 Å². The molecule has 0 aromatic heterocycles. The first-order valence-electron chi connectivity index (χ1n) is 14.1. The summed E-state index contributed by atoms with van der Waals surface area (Å²) in [4.78, 5) is 11.5. The molecule has 0 saturated heterocycles. The van der Waals surface area contributed by atoms with Gasteiger partial charge in [0.05, 0.1) is 13.5 Å². The van der Waals surface area contributed by atoms with Gasteiger partial charge in [0.15, 0.2) is 0 Å². The maximum absolute atomic E-state index is 11.5. The third-order valence-corrected chi connectivity index (χ3v) is 8.93. The number of methoxy groups -OCH3 is 1. The summed E-state index contributed by atoms with van der Waals surface area (Å²) in [6, 6.07) is 23.2. The van der Waals surface area contributed by atoms with Gasteiger partial charge in [0.1, 0.15) is 18.1 Å². The summed E-state index contributed by atoms with van der Waals surface area (Å²) >= 11 is 0. The molecule has 1 N–H and O–H groups in total. The Morgan fingerprint density at radius 1 is 0.974 bits per heavy atom. The fourth-order valence-corrected chi connectivity index (χ4v) is 6.54. The van der Waals surface area contributed by atoms with E-state index in [9.17, 15) is 9.90 Å². The fourth-order valence-electron chi connectivity index (χ4n) is 6.54. The van der Waals surface area contributed by atoms with E-state index in [-0.39, 0.29) is 17.8 Å². The highest BCUT2D eigenvalue weighted by Crippen LogP contribution is 2.51. The number of carboxylic acid groups (broad SMARTS) is 1. The predicted molar refractivity (Wildman–Crippen MR) is 152 cm³/mol. The molecule has 2 aliphatic rings. The molecule has 38 heavy (non-hydrogen) atoms. The Kier molecular flexibility index (Phi) is 7.78. The molecule has 0 radical (unpaired) electrons. The minimum Gasteiger partial charge on any atom is -0.497 e. The number of hydrogen-bond acceptors (Lipinski definition) is 3. The summed E-state index contributed by atoms with van der Waals surface area (Å²) < 4.78 is 11.8. The van der Waals surface area contributed by atoms with E-state index in [2.05, 4.69) is 62.4 Å². The number of hydrogen-bond donors (Lipinski definition) is 1. The number of benzene rings is 3. The summed E-state index contributed by atoms with van der Waals surface area (Å²) in [7, 11) is 1.71. The number of ether oxygens (including phenoxy) is 2. The average Bonchev–Trinajstić information content (AvgIpc) is 3.24. The van der Waals surface area contributed by atoms with Crippen molar-refractivity contribution in [3.05, 3.63) is 83.4 Å². The van der Waals surface area contributed by atoms with Gasteiger partial charge in [0.2, 0.25) is 0 Å². The Morgan fingerprint density at radius 2 is 1.76 bits per heavy atom. The van der Waals surface area contributed by atoms with Gasteiger partial charge in [0.25, 0.3) is 0 Å². The third kappa shape index (κ3) is 5.75. The molecule has 5 rings (SSSR count). The molecule has 3 aromatic rings. The lowest BCUT2D eigenvalue weighted by Crippen LogP contribution is -2.22. The fraction of sp³-hybridized carbons (Fsp3) is 0.441. The maximum Gasteiger partial charge on any atom is 0.303 e. The quantitative estimate of drug-likeness (QED) is 0.295. The molecule has 0 aliphatic heterocycles. The Hall–Kier alpha value is -3.27. The first-order chi connectivity index (χ1) is 18.3. The topological polar surface area (TPSA) is 55.8 Å². The zero-order chi connectivity index (χ0) is 26.7. The first-order valence-corrected chi connectivity index (χ1v) is 14.1. The van der Waals surface area contributed by atoms with Crippen LogP contribution in [0.2, 0.25) is 0 Å². The minimum absolute atomic E-state index is 0.0585. The monoisotopic (exact) mass is 512 g/mol. The van der Waals surface area contributed by atoms with Crippen LogP contribution in [0.5, 0.6) is 11.5 Å². The van der Waals surface area contributed by atoms with Crippen LogP contribution < -0.4 is 9.47 Å². The number of carbonyl (C=O) groups is 1. The van der Waals surface area contributed by atoms with Gasteiger partial charge in [0, 0.05) is 0 Å². The Balaban J connectivity index is 1.40. The normalized spacial score (nSPS) is 19.5. The lowest BCUT2D eigenvalue weighted by molar-refractivity contribution is -0.138. The van der Waals surface area contributed by atoms with Crippen LogP contribution in [0.1, 0.15) is 87.3 Å². The van der Waals surface area contributed by atoms with Crippen molar-refractivity contribution in [3.63, 3.8) is 0 Å². The second kappa shape index (κ2) is 11.2. The standard InChI is InChI=1S/C34H40O4/c1-34(2)17-7-14-32(34)31-18-23(15-16-29(31)25-10-5-12-27(19-25)37-3)22-38-28-13-6-11-26(20-28)30(21-33(35)36)24-8-4-9-24/h5-6,10-13,15-16,18-20,24,30,32H,4,7-9,14,17,21-22H2,1-3H3,(H,35,36)/t30-,32?/m0/s1. The van der Waals surface area contributed by atoms with Crippen LogP contribution in [0.25, 0.3) is 11.1 Å². The molecule has 2 aliphatic carbocycles. The van der Waals surface area contributed by atoms with Gasteiger partial charge < -0.3 is 14.6 Å². The van der Waals surface area contributed by atoms with Gasteiger partial charge in [-0.2, -0.15) is 0 Å². The van der Waals surface area contributed by atoms with Crippen LogP contribution in [0.4, 0.5) is 0 Å². The van der Waals surface area contributed by atoms with E-state index in [1.165, 1.54) is 42.4 Å². The van der Waals surface area contributed by atoms with Gasteiger partial charge in [-0.25, -0.2) is 0 Å². The van der Waals surface area contributed by atoms with Crippen molar-refractivity contribution in [2.24, 2.45) is 11.3 Å². The summed E-state index contributed by atoms with van der Waals surface area (Å²) in [5.74, 6) is 1.95. The highest BCUT2D eigenvalue weighted by Gasteiger charge is 2.37. The highest BCUT2D eigenvalue weighted by atomic mass is 16.5. The van der Waals surface area contributed by atoms with Crippen molar-refractivity contribution < 1.29 is 19.4 Å². The van der Waals surface area contributed by atoms with Crippen LogP contribution in [0, 0.1) is 11.3 Å². The second-order valence-electron chi connectivity index (χ2n) is 11.8. The summed E-state index contributed by atoms with van der Waals surface area (Å²) in [6.07, 6.45) is 7.29. The second-order valence-corrected chi connectivity index (χ2v) is 11.8. The molecule has 1 unspecified atom stereocenters. The van der Waals surface area contributed by atoms with Crippen LogP contribution in [0.3, 0.4) is 0 Å². The van der Waals surface area contributed by atoms with Crippen LogP contribution in [-0.2, 0) is 11.4 Å². The molecule has 200 valence electrons. The molecular formula is C34H40O4. The molecule has 2 atom stereocenters. The molecule has 2 saturated carbocycles. The van der Waals surface area contributed by atoms with Crippen LogP contribution in [-0.4, -0.2) is 18.2 Å². The summed E-state index contributed by atoms with van der Waals surface area (Å²) in [6.45, 7) is 5.27. The maximum atomic E-state index is 11.5. The summed E-state index contributed by atoms with van der Waals surface area (Å²) in [5.41, 5.74) is 6.33. The molecule has 0 bridgehead atoms. The Bertz CT molecular complexity index is 1270. The number of aliphatic carboxylic acids is 1. The van der Waals surface area contributed by atoms with Crippen LogP contribution >= 0.6 is 0 Å². The van der Waals surface area contributed by atoms with Gasteiger partial charge in [-0.15, -0.1) is 0 Å². The van der Waals surface area contributed by atoms with Gasteiger partial charge in [-0.3, -0.25) is 4.79 Å². The number of rotatable bonds is 10. The largest absolute Gasteiger partial charge is 0.497 e. The zero-order valence-electron chi connectivity index (χ0n) is 22.9. The van der Waals surface area contributed by atoms with Crippen molar-refractivity contribution in [1.29, 1.82) is 0 Å². The molecule has 0 amide bonds. The van der Waals surface area contributed by atoms with Crippen molar-refractivity contribution in [3.8, 4) is 22.6 Å². The van der Waals surface area contributed by atoms with Gasteiger partial charge in [-0.1, -0.05) is 69.2 Å². The molecule has 0 heterocycles. The van der Waals surface area contributed by atoms with E-state index in [4.69, 9.17) is 9.47 Å². The van der Waals surface area contributed by atoms with Gasteiger partial charge >= 0.3 is 5.97 Å². The minimum atomic E-state index is -0.730. The Morgan fingerprint density at radius 3 is 2.45 bits per heavy atom. The molecule has 3 aromatic carbocycles. The molecule has 4 nitrogen and oxygen atoms in total. The van der Waals surface area contributed by atoms with E-state index in [1.54, 1.807) is 7.11 Å². The number of carboxylic acids is 1. The molecule has 2 fully saturated rings. The molecule has 0 spiro atoms. The van der Waals surface area contributed by atoms with Crippen molar-refractivity contribution >= 4 is 5.97 Å². The van der Waals surface area contributed by atoms with E-state index < -0.39 is 5.97 Å². The van der Waals surface area contributed by atoms with E-state index in [0.717, 1.165) is 35.5 Å². The zero-order valence-corrected chi connectivity index (χ0v) is 22.9. The van der Waals surface area contributed by atoms with E-state index >= 15 is 0 Å². The molecule has 4 heteroatoms. The Labute approximate surface area is 227 Å². The molecular weight excluding hydrogens is 472 g/mol. The smallest absolute Gasteiger partial charge is 0.303 e. The lowest BCUT2D eigenvalue weighted by atomic mass is 9.72. The third-order valence-electron chi connectivity index (χ3n) is 8.93.